The molecule has 4 rings (SSSR count). The summed E-state index contributed by atoms with van der Waals surface area (Å²) in [6.07, 6.45) is 3.50. The monoisotopic (exact) mass is 420 g/mol. The molecule has 0 aliphatic carbocycles. The van der Waals surface area contributed by atoms with Gasteiger partial charge < -0.3 is 14.6 Å². The summed E-state index contributed by atoms with van der Waals surface area (Å²) in [4.78, 5) is 14.9. The summed E-state index contributed by atoms with van der Waals surface area (Å²) in [5, 5.41) is 8.51. The van der Waals surface area contributed by atoms with Gasteiger partial charge in [-0.3, -0.25) is 4.79 Å². The van der Waals surface area contributed by atoms with Gasteiger partial charge in [-0.15, -0.1) is 12.4 Å². The van der Waals surface area contributed by atoms with Gasteiger partial charge in [0.15, 0.2) is 11.5 Å². The van der Waals surface area contributed by atoms with Crippen LogP contribution in [0.25, 0.3) is 17.1 Å². The second-order valence-corrected chi connectivity index (χ2v) is 7.12. The van der Waals surface area contributed by atoms with Gasteiger partial charge in [0.05, 0.1) is 12.0 Å². The Kier molecular flexibility index (Phi) is 6.44. The molecule has 0 atom stereocenters. The van der Waals surface area contributed by atoms with Gasteiger partial charge in [-0.1, -0.05) is 17.7 Å². The molecule has 1 aliphatic rings. The third-order valence-electron chi connectivity index (χ3n) is 4.93. The van der Waals surface area contributed by atoms with E-state index in [0.717, 1.165) is 31.6 Å². The second kappa shape index (κ2) is 8.82. The van der Waals surface area contributed by atoms with Crippen molar-refractivity contribution >= 4 is 29.9 Å². The number of piperidine rings is 1. The number of carbonyl (C=O) groups is 1. The Balaban J connectivity index is 0.00000225. The lowest BCUT2D eigenvalue weighted by Crippen LogP contribution is -2.44. The molecule has 3 heterocycles. The van der Waals surface area contributed by atoms with E-state index in [4.69, 9.17) is 16.0 Å². The van der Waals surface area contributed by atoms with E-state index in [1.54, 1.807) is 28.0 Å². The molecule has 8 heteroatoms. The van der Waals surface area contributed by atoms with Crippen molar-refractivity contribution in [2.45, 2.75) is 18.9 Å². The molecule has 148 valence electrons. The number of furan rings is 1. The Hall–Kier alpha value is -2.28. The van der Waals surface area contributed by atoms with E-state index >= 15 is 0 Å². The van der Waals surface area contributed by atoms with Gasteiger partial charge in [-0.2, -0.15) is 5.10 Å². The van der Waals surface area contributed by atoms with E-state index in [9.17, 15) is 4.79 Å². The summed E-state index contributed by atoms with van der Waals surface area (Å²) >= 11 is 6.15. The van der Waals surface area contributed by atoms with Crippen LogP contribution in [0.2, 0.25) is 5.02 Å². The maximum absolute atomic E-state index is 13.1. The smallest absolute Gasteiger partial charge is 0.274 e. The van der Waals surface area contributed by atoms with Crippen molar-refractivity contribution in [1.82, 2.24) is 20.0 Å². The summed E-state index contributed by atoms with van der Waals surface area (Å²) < 4.78 is 7.26. The molecule has 0 saturated carbocycles. The van der Waals surface area contributed by atoms with E-state index in [1.165, 1.54) is 0 Å². The fourth-order valence-corrected chi connectivity index (χ4v) is 3.62. The van der Waals surface area contributed by atoms with E-state index in [-0.39, 0.29) is 24.4 Å². The van der Waals surface area contributed by atoms with Crippen LogP contribution in [0.4, 0.5) is 0 Å². The Morgan fingerprint density at radius 2 is 2.04 bits per heavy atom. The highest BCUT2D eigenvalue weighted by Gasteiger charge is 2.26. The third kappa shape index (κ3) is 4.09. The van der Waals surface area contributed by atoms with Crippen molar-refractivity contribution in [1.29, 1.82) is 0 Å². The molecule has 1 fully saturated rings. The Morgan fingerprint density at radius 3 is 2.71 bits per heavy atom. The summed E-state index contributed by atoms with van der Waals surface area (Å²) in [5.74, 6) is 0.557. The predicted octanol–water partition coefficient (Wildman–Crippen LogP) is 4.03. The summed E-state index contributed by atoms with van der Waals surface area (Å²) in [5.41, 5.74) is 1.88. The molecule has 0 bridgehead atoms. The summed E-state index contributed by atoms with van der Waals surface area (Å²) in [7, 11) is 1.85. The molecule has 0 spiro atoms. The number of carbonyl (C=O) groups excluding carboxylic acids is 1. The molecule has 1 N–H and O–H groups in total. The first-order chi connectivity index (χ1) is 13.1. The normalized spacial score (nSPS) is 14.5. The minimum Gasteiger partial charge on any atom is -0.463 e. The Morgan fingerprint density at radius 1 is 1.25 bits per heavy atom. The van der Waals surface area contributed by atoms with Crippen molar-refractivity contribution in [3.8, 4) is 17.1 Å². The molecule has 3 aromatic rings. The van der Waals surface area contributed by atoms with Crippen LogP contribution < -0.4 is 5.32 Å². The molecule has 28 heavy (non-hydrogen) atoms. The zero-order valence-electron chi connectivity index (χ0n) is 15.5. The third-order valence-corrected chi connectivity index (χ3v) is 5.17. The van der Waals surface area contributed by atoms with Crippen LogP contribution in [0.3, 0.4) is 0 Å². The van der Waals surface area contributed by atoms with Gasteiger partial charge in [-0.25, -0.2) is 4.68 Å². The van der Waals surface area contributed by atoms with E-state index in [0.29, 0.717) is 22.2 Å². The number of aromatic nitrogens is 2. The zero-order chi connectivity index (χ0) is 18.8. The Labute approximate surface area is 174 Å². The molecule has 1 amide bonds. The van der Waals surface area contributed by atoms with Gasteiger partial charge in [-0.05, 0) is 56.3 Å². The topological polar surface area (TPSA) is 63.3 Å². The number of hydrogen-bond donors (Lipinski definition) is 1. The van der Waals surface area contributed by atoms with E-state index < -0.39 is 0 Å². The second-order valence-electron chi connectivity index (χ2n) is 6.68. The molecule has 0 unspecified atom stereocenters. The molecular weight excluding hydrogens is 399 g/mol. The quantitative estimate of drug-likeness (QED) is 0.691. The van der Waals surface area contributed by atoms with Crippen molar-refractivity contribution in [2.24, 2.45) is 0 Å². The van der Waals surface area contributed by atoms with Crippen LogP contribution in [0.1, 0.15) is 23.3 Å². The molecule has 1 aliphatic heterocycles. The highest BCUT2D eigenvalue weighted by molar-refractivity contribution is 6.30. The summed E-state index contributed by atoms with van der Waals surface area (Å²) in [6, 6.07) is 13.0. The largest absolute Gasteiger partial charge is 0.463 e. The van der Waals surface area contributed by atoms with Crippen LogP contribution in [-0.2, 0) is 0 Å². The molecule has 2 aromatic heterocycles. The van der Waals surface area contributed by atoms with Crippen molar-refractivity contribution in [2.75, 3.05) is 20.1 Å². The SMILES string of the molecule is CN(C(=O)c1cc(-c2ccco2)n(-c2cccc(Cl)c2)n1)C1CCNCC1.Cl. The van der Waals surface area contributed by atoms with Crippen LogP contribution in [0, 0.1) is 0 Å². The maximum Gasteiger partial charge on any atom is 0.274 e. The van der Waals surface area contributed by atoms with Crippen molar-refractivity contribution in [3.63, 3.8) is 0 Å². The molecule has 0 radical (unpaired) electrons. The number of hydrogen-bond acceptors (Lipinski definition) is 4. The fraction of sp³-hybridized carbons (Fsp3) is 0.300. The molecular formula is C20H22Cl2N4O2. The van der Waals surface area contributed by atoms with Crippen molar-refractivity contribution < 1.29 is 9.21 Å². The van der Waals surface area contributed by atoms with Gasteiger partial charge in [0.1, 0.15) is 5.69 Å². The van der Waals surface area contributed by atoms with Crippen LogP contribution in [-0.4, -0.2) is 46.8 Å². The average molecular weight is 421 g/mol. The first-order valence-corrected chi connectivity index (χ1v) is 9.39. The lowest BCUT2D eigenvalue weighted by molar-refractivity contribution is 0.0697. The van der Waals surface area contributed by atoms with Crippen LogP contribution in [0.15, 0.2) is 53.1 Å². The van der Waals surface area contributed by atoms with Gasteiger partial charge in [0.2, 0.25) is 0 Å². The van der Waals surface area contributed by atoms with Crippen molar-refractivity contribution in [3.05, 3.63) is 59.4 Å². The molecule has 1 saturated heterocycles. The first-order valence-electron chi connectivity index (χ1n) is 9.01. The van der Waals surface area contributed by atoms with Gasteiger partial charge >= 0.3 is 0 Å². The number of halogens is 2. The highest BCUT2D eigenvalue weighted by Crippen LogP contribution is 2.26. The average Bonchev–Trinajstić information content (AvgIpc) is 3.37. The van der Waals surface area contributed by atoms with E-state index in [2.05, 4.69) is 10.4 Å². The number of benzene rings is 1. The minimum absolute atomic E-state index is 0. The number of nitrogens with zero attached hydrogens (tertiary/aromatic N) is 3. The molecule has 6 nitrogen and oxygen atoms in total. The lowest BCUT2D eigenvalue weighted by Gasteiger charge is -2.31. The highest BCUT2D eigenvalue weighted by atomic mass is 35.5. The zero-order valence-corrected chi connectivity index (χ0v) is 17.0. The van der Waals surface area contributed by atoms with Crippen LogP contribution >= 0.6 is 24.0 Å². The standard InChI is InChI=1S/C20H21ClN4O2.ClH/c1-24(15-7-9-22-10-8-15)20(26)17-13-18(19-6-3-11-27-19)25(23-17)16-5-2-4-14(21)12-16;/h2-6,11-13,15,22H,7-10H2,1H3;1H. The predicted molar refractivity (Wildman–Crippen MR) is 112 cm³/mol. The maximum atomic E-state index is 13.1. The van der Waals surface area contributed by atoms with Gasteiger partial charge in [0, 0.05) is 24.2 Å². The minimum atomic E-state index is -0.0875. The molecule has 1 aromatic carbocycles. The number of rotatable bonds is 4. The van der Waals surface area contributed by atoms with Gasteiger partial charge in [0.25, 0.3) is 5.91 Å². The van der Waals surface area contributed by atoms with E-state index in [1.807, 2.05) is 37.4 Å². The fourth-order valence-electron chi connectivity index (χ4n) is 3.43. The van der Waals surface area contributed by atoms with Crippen LogP contribution in [0.5, 0.6) is 0 Å². The Bertz CT molecular complexity index is 934. The first kappa shape index (κ1) is 20.5. The number of amides is 1. The number of nitrogens with one attached hydrogen (secondary N) is 1. The lowest BCUT2D eigenvalue weighted by atomic mass is 10.1. The summed E-state index contributed by atoms with van der Waals surface area (Å²) in [6.45, 7) is 1.85.